The van der Waals surface area contributed by atoms with Gasteiger partial charge in [0.05, 0.1) is 21.2 Å². The number of nitrogens with two attached hydrogens (primary N) is 1. The van der Waals surface area contributed by atoms with Crippen LogP contribution in [-0.2, 0) is 5.41 Å². The zero-order valence-corrected chi connectivity index (χ0v) is 24.0. The van der Waals surface area contributed by atoms with Crippen molar-refractivity contribution in [3.8, 4) is 55.6 Å². The third kappa shape index (κ3) is 4.47. The molecule has 0 spiro atoms. The highest BCUT2D eigenvalue weighted by Crippen LogP contribution is 2.53. The molecule has 2 aliphatic carbocycles. The van der Waals surface area contributed by atoms with Crippen LogP contribution in [0.2, 0.25) is 0 Å². The molecule has 3 N–H and O–H groups in total. The lowest BCUT2D eigenvalue weighted by atomic mass is 9.68. The van der Waals surface area contributed by atoms with Crippen LogP contribution < -0.4 is 11.1 Å². The van der Waals surface area contributed by atoms with Crippen molar-refractivity contribution < 1.29 is 23.3 Å². The quantitative estimate of drug-likeness (QED) is 0.198. The molecule has 2 aliphatic rings. The van der Waals surface area contributed by atoms with Crippen molar-refractivity contribution in [2.75, 3.05) is 11.1 Å². The fourth-order valence-corrected chi connectivity index (χ4v) is 6.32. The van der Waals surface area contributed by atoms with E-state index in [1.807, 2.05) is 72.8 Å². The molecule has 2 nitrogen and oxygen atoms in total. The first-order chi connectivity index (χ1) is 28.8. The standard InChI is InChI=1S/C43H38N2/c1-27-24-25-43(2,3)38-23-20-28(26-37(27)38)29-21-22-36-34-16-7-6-14-32(34)30-12-4-5-13-31(30)33-15-8-9-17-35(33)41(36)42(29)45-40-19-11-10-18-39(40)44/h4-23,26-27,45H,24-25,44H2,1-3H3/i1D3,2D3,3D3,20D,23D,24D2,25D2,26D,27D. The maximum absolute atomic E-state index is 9.84. The van der Waals surface area contributed by atoms with Crippen LogP contribution in [0, 0.1) is 0 Å². The Hall–Kier alpha value is -5.08. The second-order valence-corrected chi connectivity index (χ2v) is 11.1. The fourth-order valence-electron chi connectivity index (χ4n) is 6.32. The van der Waals surface area contributed by atoms with E-state index in [1.165, 1.54) is 6.07 Å². The molecule has 45 heavy (non-hydrogen) atoms. The number of para-hydroxylation sites is 2. The van der Waals surface area contributed by atoms with Gasteiger partial charge in [0.25, 0.3) is 0 Å². The summed E-state index contributed by atoms with van der Waals surface area (Å²) in [7, 11) is 0. The number of hydrogen-bond donors (Lipinski definition) is 2. The van der Waals surface area contributed by atoms with E-state index in [9.17, 15) is 5.48 Å². The van der Waals surface area contributed by atoms with Gasteiger partial charge in [-0.2, -0.15) is 0 Å². The van der Waals surface area contributed by atoms with Gasteiger partial charge in [0.1, 0.15) is 0 Å². The fraction of sp³-hybridized carbons (Fsp3) is 0.163. The first-order valence-electron chi connectivity index (χ1n) is 23.0. The largest absolute Gasteiger partial charge is 0.397 e. The molecule has 0 amide bonds. The van der Waals surface area contributed by atoms with Gasteiger partial charge >= 0.3 is 0 Å². The maximum Gasteiger partial charge on any atom is 0.0632 e. The lowest BCUT2D eigenvalue weighted by Gasteiger charge is -2.36. The Morgan fingerprint density at radius 2 is 1.31 bits per heavy atom. The van der Waals surface area contributed by atoms with Crippen molar-refractivity contribution in [1.29, 1.82) is 0 Å². The van der Waals surface area contributed by atoms with Crippen LogP contribution in [0.1, 0.15) is 73.6 Å². The monoisotopic (exact) mass is 599 g/mol. The van der Waals surface area contributed by atoms with Gasteiger partial charge in [0, 0.05) is 30.3 Å². The zero-order valence-electron chi connectivity index (χ0n) is 41.0. The van der Waals surface area contributed by atoms with Gasteiger partial charge in [-0.05, 0) is 91.8 Å². The molecular weight excluding hydrogens is 544 g/mol. The summed E-state index contributed by atoms with van der Waals surface area (Å²) >= 11 is 0. The van der Waals surface area contributed by atoms with E-state index in [2.05, 4.69) is 5.32 Å². The molecule has 1 atom stereocenters. The topological polar surface area (TPSA) is 38.0 Å². The van der Waals surface area contributed by atoms with Crippen molar-refractivity contribution in [3.05, 3.63) is 138 Å². The molecular formula is C43H38N2. The normalized spacial score (nSPS) is 26.0. The number of nitrogen functional groups attached to an aromatic ring is 1. The summed E-state index contributed by atoms with van der Waals surface area (Å²) in [5.41, 5.74) is 5.86. The summed E-state index contributed by atoms with van der Waals surface area (Å²) in [5.74, 6) is -3.90. The van der Waals surface area contributed by atoms with Crippen LogP contribution in [0.3, 0.4) is 0 Å². The molecule has 8 rings (SSSR count). The molecule has 0 aromatic heterocycles. The average Bonchev–Trinajstić information content (AvgIpc) is 3.18. The van der Waals surface area contributed by atoms with Crippen LogP contribution in [-0.4, -0.2) is 0 Å². The van der Waals surface area contributed by atoms with E-state index in [-0.39, 0.29) is 16.9 Å². The molecule has 0 saturated carbocycles. The maximum atomic E-state index is 9.84. The van der Waals surface area contributed by atoms with Crippen LogP contribution in [0.4, 0.5) is 17.1 Å². The van der Waals surface area contributed by atoms with E-state index in [0.717, 1.165) is 27.8 Å². The van der Waals surface area contributed by atoms with Crippen molar-refractivity contribution in [2.45, 2.75) is 44.6 Å². The zero-order chi connectivity index (χ0) is 45.3. The minimum Gasteiger partial charge on any atom is -0.397 e. The Morgan fingerprint density at radius 3 is 1.96 bits per heavy atom. The van der Waals surface area contributed by atoms with Crippen LogP contribution in [0.15, 0.2) is 127 Å². The van der Waals surface area contributed by atoms with Gasteiger partial charge in [0.2, 0.25) is 0 Å². The molecule has 0 bridgehead atoms. The third-order valence-corrected chi connectivity index (χ3v) is 8.43. The van der Waals surface area contributed by atoms with Crippen molar-refractivity contribution in [2.24, 2.45) is 0 Å². The van der Waals surface area contributed by atoms with E-state index in [4.69, 9.17) is 23.6 Å². The highest BCUT2D eigenvalue weighted by molar-refractivity contribution is 6.09. The molecule has 6 aromatic rings. The van der Waals surface area contributed by atoms with Crippen molar-refractivity contribution in [1.82, 2.24) is 0 Å². The minimum absolute atomic E-state index is 0.0603. The summed E-state index contributed by atoms with van der Waals surface area (Å²) in [4.78, 5) is 0. The SMILES string of the molecule is [2H]c1c([2H])c2c(c([2H])c1-c1ccc3c(c1Nc1ccccc1N)-c1ccccc1-c1ccccc1-c1ccccc1-3)C([2H])(C([2H])([2H])[2H])C([2H])([2H])C([2H])([2H])C2(C([2H])([2H])[2H])C([2H])([2H])[2H]. The molecule has 0 radical (unpaired) electrons. The van der Waals surface area contributed by atoms with Crippen LogP contribution >= 0.6 is 0 Å². The molecule has 220 valence electrons. The van der Waals surface area contributed by atoms with Crippen LogP contribution in [0.25, 0.3) is 55.6 Å². The van der Waals surface area contributed by atoms with Gasteiger partial charge in [-0.3, -0.25) is 0 Å². The number of fused-ring (bicyclic) bond motifs is 9. The third-order valence-electron chi connectivity index (χ3n) is 8.43. The lowest BCUT2D eigenvalue weighted by Crippen LogP contribution is -2.25. The number of benzene rings is 6. The number of anilines is 3. The predicted octanol–water partition coefficient (Wildman–Crippen LogP) is 11.8. The predicted molar refractivity (Wildman–Crippen MR) is 192 cm³/mol. The number of rotatable bonds is 3. The van der Waals surface area contributed by atoms with Crippen LogP contribution in [0.5, 0.6) is 0 Å². The van der Waals surface area contributed by atoms with Crippen molar-refractivity contribution >= 4 is 17.1 Å². The van der Waals surface area contributed by atoms with E-state index in [0.29, 0.717) is 22.4 Å². The first kappa shape index (κ1) is 14.8. The minimum atomic E-state index is -4.23. The second-order valence-electron chi connectivity index (χ2n) is 11.1. The molecule has 6 aromatic carbocycles. The highest BCUT2D eigenvalue weighted by Gasteiger charge is 2.32. The summed E-state index contributed by atoms with van der Waals surface area (Å²) in [6, 6.07) is 29.5. The molecule has 0 heterocycles. The van der Waals surface area contributed by atoms with E-state index < -0.39 is 79.4 Å². The Labute approximate surface area is 290 Å². The average molecular weight is 600 g/mol. The molecule has 1 unspecified atom stereocenters. The molecule has 0 saturated heterocycles. The van der Waals surface area contributed by atoms with Gasteiger partial charge in [-0.25, -0.2) is 0 Å². The molecule has 0 fully saturated rings. The van der Waals surface area contributed by atoms with Gasteiger partial charge in [-0.15, -0.1) is 0 Å². The Morgan fingerprint density at radius 1 is 0.733 bits per heavy atom. The molecule has 0 aliphatic heterocycles. The number of nitrogens with one attached hydrogen (secondary N) is 1. The molecule has 2 heteroatoms. The van der Waals surface area contributed by atoms with Gasteiger partial charge < -0.3 is 11.1 Å². The lowest BCUT2D eigenvalue weighted by molar-refractivity contribution is 0.402. The highest BCUT2D eigenvalue weighted by atomic mass is 14.9. The van der Waals surface area contributed by atoms with E-state index in [1.54, 1.807) is 30.3 Å². The first-order valence-corrected chi connectivity index (χ1v) is 14.5. The van der Waals surface area contributed by atoms with Gasteiger partial charge in [-0.1, -0.05) is 136 Å². The Balaban J connectivity index is 1.61. The Bertz CT molecular complexity index is 2800. The summed E-state index contributed by atoms with van der Waals surface area (Å²) in [6.45, 7) is -12.0. The summed E-state index contributed by atoms with van der Waals surface area (Å²) < 4.78 is 152. The van der Waals surface area contributed by atoms with Crippen molar-refractivity contribution in [3.63, 3.8) is 0 Å². The number of hydrogen-bond acceptors (Lipinski definition) is 2. The van der Waals surface area contributed by atoms with E-state index >= 15 is 0 Å². The Kier molecular flexibility index (Phi) is 3.46. The summed E-state index contributed by atoms with van der Waals surface area (Å²) in [5, 5.41) is 3.39. The summed E-state index contributed by atoms with van der Waals surface area (Å²) in [6.07, 6.45) is -8.41. The smallest absolute Gasteiger partial charge is 0.0632 e. The van der Waals surface area contributed by atoms with Gasteiger partial charge in [0.15, 0.2) is 0 Å². The second kappa shape index (κ2) is 10.5.